The fourth-order valence-electron chi connectivity index (χ4n) is 5.03. The molecular formula is C29H29N3O4. The van der Waals surface area contributed by atoms with Crippen LogP contribution in [0.3, 0.4) is 0 Å². The molecule has 7 heteroatoms. The number of phenols is 1. The Hall–Kier alpha value is -3.81. The van der Waals surface area contributed by atoms with Crippen molar-refractivity contribution in [1.29, 1.82) is 0 Å². The van der Waals surface area contributed by atoms with Crippen LogP contribution >= 0.6 is 0 Å². The molecule has 1 aliphatic carbocycles. The summed E-state index contributed by atoms with van der Waals surface area (Å²) in [6, 6.07) is 19.8. The number of benzene rings is 3. The number of aromatic hydroxyl groups is 1. The molecule has 2 heterocycles. The Balaban J connectivity index is 1.22. The first kappa shape index (κ1) is 22.6. The van der Waals surface area contributed by atoms with Gasteiger partial charge in [0, 0.05) is 42.7 Å². The summed E-state index contributed by atoms with van der Waals surface area (Å²) >= 11 is 0. The maximum Gasteiger partial charge on any atom is 0.161 e. The third kappa shape index (κ3) is 4.32. The summed E-state index contributed by atoms with van der Waals surface area (Å²) in [5.41, 5.74) is 8.75. The van der Waals surface area contributed by atoms with Crippen molar-refractivity contribution in [2.75, 3.05) is 46.6 Å². The van der Waals surface area contributed by atoms with E-state index in [1.807, 2.05) is 12.1 Å². The molecule has 0 spiro atoms. The number of nitrogens with zero attached hydrogens (tertiary/aromatic N) is 2. The average Bonchev–Trinajstić information content (AvgIpc) is 3.48. The van der Waals surface area contributed by atoms with Gasteiger partial charge in [-0.2, -0.15) is 5.10 Å². The highest BCUT2D eigenvalue weighted by molar-refractivity contribution is 5.83. The van der Waals surface area contributed by atoms with Gasteiger partial charge in [0.15, 0.2) is 11.5 Å². The molecule has 0 saturated carbocycles. The molecule has 0 radical (unpaired) electrons. The van der Waals surface area contributed by atoms with Gasteiger partial charge in [-0.25, -0.2) is 0 Å². The summed E-state index contributed by atoms with van der Waals surface area (Å²) in [6.07, 6.45) is 0.792. The lowest BCUT2D eigenvalue weighted by molar-refractivity contribution is 0.0321. The molecule has 0 unspecified atom stereocenters. The Labute approximate surface area is 210 Å². The molecule has 0 amide bonds. The molecule has 6 rings (SSSR count). The second-order valence-corrected chi connectivity index (χ2v) is 9.19. The molecule has 36 heavy (non-hydrogen) atoms. The minimum Gasteiger partial charge on any atom is -0.508 e. The SMILES string of the molecule is COc1cc2c(cc1OCCN1CCOCC1)-c1[nH]nc(-c3ccc(-c4ccc(O)cc4)cc3)c1C2. The molecule has 3 aromatic carbocycles. The third-order valence-corrected chi connectivity index (χ3v) is 7.02. The zero-order valence-corrected chi connectivity index (χ0v) is 20.3. The maximum absolute atomic E-state index is 9.55. The highest BCUT2D eigenvalue weighted by Crippen LogP contribution is 2.45. The quantitative estimate of drug-likeness (QED) is 0.348. The number of methoxy groups -OCH3 is 1. The van der Waals surface area contributed by atoms with Gasteiger partial charge in [-0.3, -0.25) is 10.00 Å². The number of ether oxygens (including phenoxy) is 3. The van der Waals surface area contributed by atoms with Gasteiger partial charge in [-0.05, 0) is 41.0 Å². The van der Waals surface area contributed by atoms with Crippen LogP contribution in [0.4, 0.5) is 0 Å². The van der Waals surface area contributed by atoms with Crippen molar-refractivity contribution < 1.29 is 19.3 Å². The van der Waals surface area contributed by atoms with Crippen molar-refractivity contribution >= 4 is 0 Å². The Morgan fingerprint density at radius 3 is 2.36 bits per heavy atom. The monoisotopic (exact) mass is 483 g/mol. The van der Waals surface area contributed by atoms with Gasteiger partial charge in [0.1, 0.15) is 12.4 Å². The lowest BCUT2D eigenvalue weighted by Gasteiger charge is -2.26. The number of phenolic OH excluding ortho intramolecular Hbond substituents is 1. The van der Waals surface area contributed by atoms with Crippen LogP contribution < -0.4 is 9.47 Å². The van der Waals surface area contributed by atoms with E-state index in [4.69, 9.17) is 14.2 Å². The number of aromatic amines is 1. The molecule has 2 N–H and O–H groups in total. The normalized spacial score (nSPS) is 14.9. The maximum atomic E-state index is 9.55. The van der Waals surface area contributed by atoms with Crippen molar-refractivity contribution in [2.24, 2.45) is 0 Å². The Bertz CT molecular complexity index is 1360. The van der Waals surface area contributed by atoms with Crippen LogP contribution in [0.2, 0.25) is 0 Å². The predicted octanol–water partition coefficient (Wildman–Crippen LogP) is 4.74. The van der Waals surface area contributed by atoms with E-state index in [0.29, 0.717) is 6.61 Å². The average molecular weight is 484 g/mol. The standard InChI is InChI=1S/C29H29N3O4/c1-34-26-17-22-16-25-28(21-4-2-19(3-5-21)20-6-8-23(33)9-7-20)30-31-29(25)24(22)18-27(26)36-15-12-32-10-13-35-14-11-32/h2-9,17-18,33H,10-16H2,1H3,(H,30,31). The second kappa shape index (κ2) is 9.68. The summed E-state index contributed by atoms with van der Waals surface area (Å²) < 4.78 is 17.3. The number of hydrogen-bond acceptors (Lipinski definition) is 6. The number of H-pyrrole nitrogens is 1. The third-order valence-electron chi connectivity index (χ3n) is 7.02. The molecule has 0 atom stereocenters. The summed E-state index contributed by atoms with van der Waals surface area (Å²) in [5.74, 6) is 1.78. The summed E-state index contributed by atoms with van der Waals surface area (Å²) in [6.45, 7) is 4.92. The van der Waals surface area contributed by atoms with Crippen LogP contribution in [-0.4, -0.2) is 66.8 Å². The molecule has 0 bridgehead atoms. The molecule has 1 aromatic heterocycles. The Morgan fingerprint density at radius 2 is 1.64 bits per heavy atom. The zero-order chi connectivity index (χ0) is 24.5. The molecule has 2 aliphatic rings. The van der Waals surface area contributed by atoms with Crippen molar-refractivity contribution in [3.05, 3.63) is 71.8 Å². The van der Waals surface area contributed by atoms with Crippen molar-refractivity contribution in [3.8, 4) is 50.9 Å². The first-order valence-electron chi connectivity index (χ1n) is 12.3. The summed E-state index contributed by atoms with van der Waals surface area (Å²) in [5, 5.41) is 17.5. The highest BCUT2D eigenvalue weighted by Gasteiger charge is 2.27. The lowest BCUT2D eigenvalue weighted by Crippen LogP contribution is -2.38. The summed E-state index contributed by atoms with van der Waals surface area (Å²) in [4.78, 5) is 2.36. The topological polar surface area (TPSA) is 79.8 Å². The van der Waals surface area contributed by atoms with Crippen LogP contribution in [0.1, 0.15) is 11.1 Å². The highest BCUT2D eigenvalue weighted by atomic mass is 16.5. The van der Waals surface area contributed by atoms with E-state index in [1.54, 1.807) is 19.2 Å². The van der Waals surface area contributed by atoms with E-state index in [-0.39, 0.29) is 5.75 Å². The van der Waals surface area contributed by atoms with Gasteiger partial charge < -0.3 is 19.3 Å². The fourth-order valence-corrected chi connectivity index (χ4v) is 5.03. The van der Waals surface area contributed by atoms with Gasteiger partial charge in [0.05, 0.1) is 31.7 Å². The van der Waals surface area contributed by atoms with E-state index >= 15 is 0 Å². The van der Waals surface area contributed by atoms with E-state index in [2.05, 4.69) is 51.5 Å². The predicted molar refractivity (Wildman–Crippen MR) is 139 cm³/mol. The van der Waals surface area contributed by atoms with Crippen molar-refractivity contribution in [2.45, 2.75) is 6.42 Å². The van der Waals surface area contributed by atoms with Crippen LogP contribution in [0.15, 0.2) is 60.7 Å². The number of nitrogens with one attached hydrogen (secondary N) is 1. The number of morpholine rings is 1. The fraction of sp³-hybridized carbons (Fsp3) is 0.276. The van der Waals surface area contributed by atoms with E-state index < -0.39 is 0 Å². The minimum absolute atomic E-state index is 0.268. The molecule has 1 saturated heterocycles. The summed E-state index contributed by atoms with van der Waals surface area (Å²) in [7, 11) is 1.69. The number of fused-ring (bicyclic) bond motifs is 3. The van der Waals surface area contributed by atoms with Gasteiger partial charge in [-0.15, -0.1) is 0 Å². The van der Waals surface area contributed by atoms with E-state index in [0.717, 1.165) is 84.4 Å². The number of aromatic nitrogens is 2. The van der Waals surface area contributed by atoms with Crippen LogP contribution in [0.5, 0.6) is 17.2 Å². The first-order chi connectivity index (χ1) is 17.7. The smallest absolute Gasteiger partial charge is 0.161 e. The van der Waals surface area contributed by atoms with Crippen LogP contribution in [0, 0.1) is 0 Å². The molecule has 1 fully saturated rings. The van der Waals surface area contributed by atoms with Crippen molar-refractivity contribution in [1.82, 2.24) is 15.1 Å². The van der Waals surface area contributed by atoms with Gasteiger partial charge in [0.2, 0.25) is 0 Å². The van der Waals surface area contributed by atoms with Gasteiger partial charge in [0.25, 0.3) is 0 Å². The molecule has 7 nitrogen and oxygen atoms in total. The van der Waals surface area contributed by atoms with E-state index in [1.165, 1.54) is 11.1 Å². The van der Waals surface area contributed by atoms with Gasteiger partial charge in [-0.1, -0.05) is 36.4 Å². The first-order valence-corrected chi connectivity index (χ1v) is 12.3. The molecule has 184 valence electrons. The van der Waals surface area contributed by atoms with Gasteiger partial charge >= 0.3 is 0 Å². The van der Waals surface area contributed by atoms with Crippen molar-refractivity contribution in [3.63, 3.8) is 0 Å². The minimum atomic E-state index is 0.268. The zero-order valence-electron chi connectivity index (χ0n) is 20.3. The largest absolute Gasteiger partial charge is 0.508 e. The molecule has 1 aliphatic heterocycles. The van der Waals surface area contributed by atoms with E-state index in [9.17, 15) is 5.11 Å². The lowest BCUT2D eigenvalue weighted by atomic mass is 10.0. The second-order valence-electron chi connectivity index (χ2n) is 9.19. The van der Waals surface area contributed by atoms with Crippen LogP contribution in [0.25, 0.3) is 33.6 Å². The number of rotatable bonds is 7. The molecular weight excluding hydrogens is 454 g/mol. The Kier molecular flexibility index (Phi) is 6.09. The Morgan fingerprint density at radius 1 is 0.944 bits per heavy atom. The number of hydrogen-bond donors (Lipinski definition) is 2. The molecule has 4 aromatic rings. The van der Waals surface area contributed by atoms with Crippen LogP contribution in [-0.2, 0) is 11.2 Å².